The molecule has 1 aromatic rings. The highest BCUT2D eigenvalue weighted by Crippen LogP contribution is 2.28. The van der Waals surface area contributed by atoms with Crippen LogP contribution in [0.2, 0.25) is 0 Å². The number of nitrogens with one attached hydrogen (secondary N) is 1. The van der Waals surface area contributed by atoms with Crippen LogP contribution in [-0.2, 0) is 16.0 Å². The van der Waals surface area contributed by atoms with Gasteiger partial charge < -0.3 is 14.8 Å². The number of methoxy groups -OCH3 is 2. The molecule has 0 aromatic carbocycles. The number of ether oxygens (including phenoxy) is 2. The third-order valence-corrected chi connectivity index (χ3v) is 2.76. The minimum Gasteiger partial charge on any atom is -0.382 e. The largest absolute Gasteiger partial charge is 0.382 e. The lowest BCUT2D eigenvalue weighted by Crippen LogP contribution is -2.27. The third kappa shape index (κ3) is 3.65. The van der Waals surface area contributed by atoms with Gasteiger partial charge in [0.05, 0.1) is 17.6 Å². The van der Waals surface area contributed by atoms with Crippen LogP contribution in [0.15, 0.2) is 0 Å². The summed E-state index contributed by atoms with van der Waals surface area (Å²) in [6.07, 6.45) is -0.176. The van der Waals surface area contributed by atoms with Gasteiger partial charge in [0.15, 0.2) is 0 Å². The molecule has 0 aliphatic heterocycles. The van der Waals surface area contributed by atoms with Gasteiger partial charge in [-0.25, -0.2) is 4.68 Å². The molecule has 1 atom stereocenters. The monoisotopic (exact) mass is 272 g/mol. The summed E-state index contributed by atoms with van der Waals surface area (Å²) >= 11 is 0. The molecule has 0 saturated carbocycles. The van der Waals surface area contributed by atoms with Gasteiger partial charge in [-0.1, -0.05) is 0 Å². The Kier molecular flexibility index (Phi) is 5.71. The molecular formula is C11H20N4O4. The molecule has 0 fully saturated rings. The van der Waals surface area contributed by atoms with Crippen molar-refractivity contribution in [1.82, 2.24) is 9.78 Å². The fourth-order valence-electron chi connectivity index (χ4n) is 1.80. The van der Waals surface area contributed by atoms with Crippen LogP contribution in [0.1, 0.15) is 12.6 Å². The van der Waals surface area contributed by atoms with E-state index in [0.29, 0.717) is 31.2 Å². The van der Waals surface area contributed by atoms with Crippen LogP contribution >= 0.6 is 0 Å². The quantitative estimate of drug-likeness (QED) is 0.564. The van der Waals surface area contributed by atoms with Crippen LogP contribution in [-0.4, -0.2) is 48.2 Å². The van der Waals surface area contributed by atoms with Crippen molar-refractivity contribution in [2.45, 2.75) is 26.5 Å². The standard InChI is InChI=1S/C11H20N4O4/c1-5-14-11(10(15(16)17)8(2)13-14)12-6-9(19-4)7-18-3/h9,12H,5-7H2,1-4H3. The van der Waals surface area contributed by atoms with Crippen molar-refractivity contribution in [3.05, 3.63) is 15.8 Å². The van der Waals surface area contributed by atoms with E-state index >= 15 is 0 Å². The molecule has 1 rings (SSSR count). The number of hydrogen-bond donors (Lipinski definition) is 1. The van der Waals surface area contributed by atoms with E-state index in [2.05, 4.69) is 10.4 Å². The average molecular weight is 272 g/mol. The van der Waals surface area contributed by atoms with Gasteiger partial charge in [-0.15, -0.1) is 0 Å². The molecule has 0 amide bonds. The highest BCUT2D eigenvalue weighted by atomic mass is 16.6. The van der Waals surface area contributed by atoms with Crippen LogP contribution in [0.25, 0.3) is 0 Å². The number of aryl methyl sites for hydroxylation is 2. The lowest BCUT2D eigenvalue weighted by atomic mass is 10.3. The topological polar surface area (TPSA) is 91.5 Å². The number of aromatic nitrogens is 2. The highest BCUT2D eigenvalue weighted by molar-refractivity contribution is 5.59. The summed E-state index contributed by atoms with van der Waals surface area (Å²) in [6, 6.07) is 0. The van der Waals surface area contributed by atoms with Crippen molar-refractivity contribution < 1.29 is 14.4 Å². The second-order valence-corrected chi connectivity index (χ2v) is 4.05. The first-order chi connectivity index (χ1) is 9.04. The Labute approximate surface area is 111 Å². The predicted octanol–water partition coefficient (Wildman–Crippen LogP) is 1.19. The van der Waals surface area contributed by atoms with Crippen molar-refractivity contribution >= 4 is 11.5 Å². The summed E-state index contributed by atoms with van der Waals surface area (Å²) in [5, 5.41) is 18.2. The Balaban J connectivity index is 2.89. The van der Waals surface area contributed by atoms with Crippen LogP contribution < -0.4 is 5.32 Å². The maximum atomic E-state index is 11.1. The molecule has 0 radical (unpaired) electrons. The van der Waals surface area contributed by atoms with Crippen molar-refractivity contribution in [3.8, 4) is 0 Å². The number of anilines is 1. The summed E-state index contributed by atoms with van der Waals surface area (Å²) in [6.45, 7) is 4.88. The first kappa shape index (κ1) is 15.4. The molecule has 1 aromatic heterocycles. The van der Waals surface area contributed by atoms with Gasteiger partial charge in [0, 0.05) is 27.3 Å². The fraction of sp³-hybridized carbons (Fsp3) is 0.727. The Morgan fingerprint density at radius 2 is 2.21 bits per heavy atom. The maximum absolute atomic E-state index is 11.1. The normalized spacial score (nSPS) is 12.4. The molecule has 19 heavy (non-hydrogen) atoms. The Morgan fingerprint density at radius 3 is 2.68 bits per heavy atom. The van der Waals surface area contributed by atoms with Gasteiger partial charge >= 0.3 is 5.69 Å². The molecule has 0 saturated heterocycles. The molecule has 0 spiro atoms. The molecule has 0 aliphatic carbocycles. The number of nitro groups is 1. The number of nitrogens with zero attached hydrogens (tertiary/aromatic N) is 3. The molecule has 0 bridgehead atoms. The van der Waals surface area contributed by atoms with Gasteiger partial charge in [0.1, 0.15) is 5.69 Å². The van der Waals surface area contributed by atoms with E-state index < -0.39 is 4.92 Å². The maximum Gasteiger partial charge on any atom is 0.333 e. The van der Waals surface area contributed by atoms with Gasteiger partial charge in [-0.3, -0.25) is 10.1 Å². The molecule has 8 nitrogen and oxygen atoms in total. The van der Waals surface area contributed by atoms with Crippen molar-refractivity contribution in [1.29, 1.82) is 0 Å². The van der Waals surface area contributed by atoms with Gasteiger partial charge in [0.2, 0.25) is 5.82 Å². The van der Waals surface area contributed by atoms with Gasteiger partial charge in [-0.05, 0) is 13.8 Å². The second kappa shape index (κ2) is 7.05. The minimum absolute atomic E-state index is 0.00844. The van der Waals surface area contributed by atoms with E-state index in [-0.39, 0.29) is 11.8 Å². The smallest absolute Gasteiger partial charge is 0.333 e. The zero-order chi connectivity index (χ0) is 14.4. The van der Waals surface area contributed by atoms with Crippen LogP contribution in [0.4, 0.5) is 11.5 Å². The van der Waals surface area contributed by atoms with Gasteiger partial charge in [0.25, 0.3) is 0 Å². The Morgan fingerprint density at radius 1 is 1.53 bits per heavy atom. The third-order valence-electron chi connectivity index (χ3n) is 2.76. The second-order valence-electron chi connectivity index (χ2n) is 4.05. The lowest BCUT2D eigenvalue weighted by molar-refractivity contribution is -0.384. The van der Waals surface area contributed by atoms with E-state index in [1.54, 1.807) is 25.8 Å². The highest BCUT2D eigenvalue weighted by Gasteiger charge is 2.25. The molecule has 1 heterocycles. The van der Waals surface area contributed by atoms with Crippen LogP contribution in [0.5, 0.6) is 0 Å². The molecule has 0 aliphatic rings. The van der Waals surface area contributed by atoms with E-state index in [4.69, 9.17) is 9.47 Å². The van der Waals surface area contributed by atoms with Crippen molar-refractivity contribution in [2.24, 2.45) is 0 Å². The Hall–Kier alpha value is -1.67. The summed E-state index contributed by atoms with van der Waals surface area (Å²) in [5.74, 6) is 0.406. The first-order valence-electron chi connectivity index (χ1n) is 6.02. The summed E-state index contributed by atoms with van der Waals surface area (Å²) in [5.41, 5.74) is 0.407. The van der Waals surface area contributed by atoms with Crippen molar-refractivity contribution in [2.75, 3.05) is 32.7 Å². The summed E-state index contributed by atoms with van der Waals surface area (Å²) in [7, 11) is 3.15. The lowest BCUT2D eigenvalue weighted by Gasteiger charge is -2.15. The zero-order valence-corrected chi connectivity index (χ0v) is 11.7. The number of rotatable bonds is 8. The van der Waals surface area contributed by atoms with E-state index in [1.165, 1.54) is 0 Å². The van der Waals surface area contributed by atoms with Gasteiger partial charge in [-0.2, -0.15) is 5.10 Å². The molecule has 1 unspecified atom stereocenters. The van der Waals surface area contributed by atoms with E-state index in [1.807, 2.05) is 6.92 Å². The van der Waals surface area contributed by atoms with Crippen LogP contribution in [0.3, 0.4) is 0 Å². The average Bonchev–Trinajstić information content (AvgIpc) is 2.70. The minimum atomic E-state index is -0.422. The SMILES string of the molecule is CCn1nc(C)c([N+](=O)[O-])c1NCC(COC)OC. The zero-order valence-electron chi connectivity index (χ0n) is 11.7. The predicted molar refractivity (Wildman–Crippen MR) is 70.5 cm³/mol. The fourth-order valence-corrected chi connectivity index (χ4v) is 1.80. The Bertz CT molecular complexity index is 433. The van der Waals surface area contributed by atoms with Crippen molar-refractivity contribution in [3.63, 3.8) is 0 Å². The summed E-state index contributed by atoms with van der Waals surface area (Å²) in [4.78, 5) is 10.6. The van der Waals surface area contributed by atoms with Crippen LogP contribution in [0, 0.1) is 17.0 Å². The molecule has 8 heteroatoms. The molecular weight excluding hydrogens is 252 g/mol. The molecule has 1 N–H and O–H groups in total. The number of hydrogen-bond acceptors (Lipinski definition) is 6. The first-order valence-corrected chi connectivity index (χ1v) is 6.02. The molecule has 108 valence electrons. The summed E-state index contributed by atoms with van der Waals surface area (Å²) < 4.78 is 11.8. The van der Waals surface area contributed by atoms with E-state index in [9.17, 15) is 10.1 Å². The van der Waals surface area contributed by atoms with E-state index in [0.717, 1.165) is 0 Å².